The van der Waals surface area contributed by atoms with E-state index in [2.05, 4.69) is 5.10 Å². The molecule has 0 bridgehead atoms. The number of hydrogen-bond donors (Lipinski definition) is 0. The minimum atomic E-state index is -0.369. The van der Waals surface area contributed by atoms with Crippen LogP contribution in [0.1, 0.15) is 24.3 Å². The number of carbonyl (C=O) groups excluding carboxylic acids is 2. The van der Waals surface area contributed by atoms with Crippen molar-refractivity contribution >= 4 is 22.8 Å². The number of aromatic nitrogens is 2. The number of esters is 1. The van der Waals surface area contributed by atoms with Crippen molar-refractivity contribution in [1.29, 1.82) is 0 Å². The van der Waals surface area contributed by atoms with Crippen LogP contribution in [-0.4, -0.2) is 21.7 Å². The van der Waals surface area contributed by atoms with Gasteiger partial charge < -0.3 is 4.74 Å². The van der Waals surface area contributed by atoms with Crippen molar-refractivity contribution in [3.05, 3.63) is 30.0 Å². The lowest BCUT2D eigenvalue weighted by Crippen LogP contribution is -2.08. The van der Waals surface area contributed by atoms with Crippen LogP contribution in [0.4, 0.5) is 0 Å². The fourth-order valence-corrected chi connectivity index (χ4v) is 1.65. The summed E-state index contributed by atoms with van der Waals surface area (Å²) in [5.41, 5.74) is 1.31. The maximum absolute atomic E-state index is 11.4. The predicted molar refractivity (Wildman–Crippen MR) is 61.5 cm³/mol. The Morgan fingerprint density at radius 3 is 2.65 bits per heavy atom. The molecule has 17 heavy (non-hydrogen) atoms. The van der Waals surface area contributed by atoms with Gasteiger partial charge in [0, 0.05) is 19.2 Å². The molecule has 0 aliphatic rings. The minimum absolute atomic E-state index is 0.0795. The van der Waals surface area contributed by atoms with E-state index in [9.17, 15) is 9.59 Å². The van der Waals surface area contributed by atoms with Gasteiger partial charge >= 0.3 is 5.97 Å². The van der Waals surface area contributed by atoms with Crippen LogP contribution < -0.4 is 0 Å². The van der Waals surface area contributed by atoms with E-state index in [0.717, 1.165) is 10.9 Å². The summed E-state index contributed by atoms with van der Waals surface area (Å²) in [6.07, 6.45) is 0. The Morgan fingerprint density at radius 1 is 1.29 bits per heavy atom. The average Bonchev–Trinajstić information content (AvgIpc) is 2.65. The molecule has 0 unspecified atom stereocenters. The Balaban J connectivity index is 2.49. The number of benzene rings is 1. The first-order valence-electron chi connectivity index (χ1n) is 5.20. The molecule has 1 heterocycles. The van der Waals surface area contributed by atoms with Crippen LogP contribution in [0.15, 0.2) is 24.3 Å². The number of ether oxygens (including phenoxy) is 1. The van der Waals surface area contributed by atoms with Gasteiger partial charge in [0.05, 0.1) is 5.52 Å². The highest BCUT2D eigenvalue weighted by atomic mass is 16.5. The van der Waals surface area contributed by atoms with Crippen LogP contribution in [0.2, 0.25) is 0 Å². The van der Waals surface area contributed by atoms with E-state index in [1.165, 1.54) is 18.5 Å². The summed E-state index contributed by atoms with van der Waals surface area (Å²) in [7, 11) is 0. The second-order valence-corrected chi connectivity index (χ2v) is 3.67. The van der Waals surface area contributed by atoms with Crippen molar-refractivity contribution in [1.82, 2.24) is 9.78 Å². The summed E-state index contributed by atoms with van der Waals surface area (Å²) in [5, 5.41) is 4.97. The van der Waals surface area contributed by atoms with Crippen molar-refractivity contribution in [3.8, 4) is 0 Å². The number of para-hydroxylation sites is 1. The van der Waals surface area contributed by atoms with Crippen LogP contribution in [0, 0.1) is 0 Å². The highest BCUT2D eigenvalue weighted by molar-refractivity contribution is 5.91. The third-order valence-electron chi connectivity index (χ3n) is 2.37. The third kappa shape index (κ3) is 2.18. The summed E-state index contributed by atoms with van der Waals surface area (Å²) in [6, 6.07) is 7.34. The number of hydrogen-bond acceptors (Lipinski definition) is 4. The van der Waals surface area contributed by atoms with E-state index in [0.29, 0.717) is 5.69 Å². The molecule has 0 fully saturated rings. The molecule has 0 atom stereocenters. The van der Waals surface area contributed by atoms with E-state index < -0.39 is 0 Å². The lowest BCUT2D eigenvalue weighted by Gasteiger charge is -1.97. The van der Waals surface area contributed by atoms with Gasteiger partial charge in [-0.3, -0.25) is 9.59 Å². The van der Waals surface area contributed by atoms with E-state index in [1.807, 2.05) is 18.2 Å². The number of carbonyl (C=O) groups is 2. The normalized spacial score (nSPS) is 10.5. The maximum atomic E-state index is 11.4. The van der Waals surface area contributed by atoms with E-state index in [4.69, 9.17) is 4.74 Å². The van der Waals surface area contributed by atoms with Crippen molar-refractivity contribution in [3.63, 3.8) is 0 Å². The molecule has 5 heteroatoms. The van der Waals surface area contributed by atoms with Crippen LogP contribution >= 0.6 is 0 Å². The van der Waals surface area contributed by atoms with Crippen LogP contribution in [0.3, 0.4) is 0 Å². The molecule has 0 saturated carbocycles. The van der Waals surface area contributed by atoms with Crippen molar-refractivity contribution in [2.45, 2.75) is 20.5 Å². The average molecular weight is 232 g/mol. The Bertz CT molecular complexity index is 586. The molecule has 5 nitrogen and oxygen atoms in total. The Kier molecular flexibility index (Phi) is 2.91. The zero-order valence-electron chi connectivity index (χ0n) is 9.64. The molecule has 2 aromatic rings. The lowest BCUT2D eigenvalue weighted by molar-refractivity contribution is -0.142. The fourth-order valence-electron chi connectivity index (χ4n) is 1.65. The number of fused-ring (bicyclic) bond motifs is 1. The molecule has 0 amide bonds. The first-order chi connectivity index (χ1) is 8.09. The van der Waals surface area contributed by atoms with Crippen molar-refractivity contribution in [2.75, 3.05) is 0 Å². The van der Waals surface area contributed by atoms with Gasteiger partial charge in [0.25, 0.3) is 0 Å². The van der Waals surface area contributed by atoms with Gasteiger partial charge in [-0.25, -0.2) is 0 Å². The lowest BCUT2D eigenvalue weighted by atomic mass is 10.2. The maximum Gasteiger partial charge on any atom is 0.303 e. The van der Waals surface area contributed by atoms with Crippen molar-refractivity contribution < 1.29 is 14.3 Å². The summed E-state index contributed by atoms with van der Waals surface area (Å²) in [5.74, 6) is -0.540. The summed E-state index contributed by atoms with van der Waals surface area (Å²) < 4.78 is 6.22. The monoisotopic (exact) mass is 232 g/mol. The van der Waals surface area contributed by atoms with Crippen LogP contribution in [0.5, 0.6) is 0 Å². The molecular weight excluding hydrogens is 220 g/mol. The Labute approximate surface area is 98.0 Å². The van der Waals surface area contributed by atoms with Crippen LogP contribution in [-0.2, 0) is 16.1 Å². The summed E-state index contributed by atoms with van der Waals surface area (Å²) >= 11 is 0. The summed E-state index contributed by atoms with van der Waals surface area (Å²) in [4.78, 5) is 22.2. The second-order valence-electron chi connectivity index (χ2n) is 3.67. The van der Waals surface area contributed by atoms with Gasteiger partial charge in [-0.2, -0.15) is 9.78 Å². The van der Waals surface area contributed by atoms with E-state index >= 15 is 0 Å². The molecule has 0 N–H and O–H groups in total. The van der Waals surface area contributed by atoms with Gasteiger partial charge in [-0.1, -0.05) is 18.2 Å². The molecule has 1 aromatic heterocycles. The van der Waals surface area contributed by atoms with Gasteiger partial charge in [0.2, 0.25) is 5.91 Å². The fraction of sp³-hybridized carbons (Fsp3) is 0.250. The molecule has 88 valence electrons. The first kappa shape index (κ1) is 11.3. The third-order valence-corrected chi connectivity index (χ3v) is 2.37. The molecule has 2 rings (SSSR count). The molecular formula is C12H12N2O3. The highest BCUT2D eigenvalue weighted by Crippen LogP contribution is 2.18. The zero-order valence-corrected chi connectivity index (χ0v) is 9.64. The second kappa shape index (κ2) is 4.37. The van der Waals surface area contributed by atoms with Gasteiger partial charge in [-0.15, -0.1) is 0 Å². The zero-order chi connectivity index (χ0) is 12.4. The minimum Gasteiger partial charge on any atom is -0.459 e. The van der Waals surface area contributed by atoms with Crippen LogP contribution in [0.25, 0.3) is 10.9 Å². The van der Waals surface area contributed by atoms with E-state index in [-0.39, 0.29) is 18.5 Å². The quantitative estimate of drug-likeness (QED) is 0.740. The standard InChI is InChI=1S/C12H12N2O3/c1-8(15)14-12-6-4-3-5-10(12)11(13-14)7-17-9(2)16/h3-6H,7H2,1-2H3. The SMILES string of the molecule is CC(=O)OCc1nn(C(C)=O)c2ccccc12. The molecule has 0 radical (unpaired) electrons. The molecule has 0 aliphatic heterocycles. The van der Waals surface area contributed by atoms with Gasteiger partial charge in [-0.05, 0) is 6.07 Å². The topological polar surface area (TPSA) is 61.2 Å². The molecule has 0 saturated heterocycles. The Hall–Kier alpha value is -2.17. The van der Waals surface area contributed by atoms with E-state index in [1.54, 1.807) is 6.07 Å². The molecule has 1 aromatic carbocycles. The van der Waals surface area contributed by atoms with Gasteiger partial charge in [0.1, 0.15) is 12.3 Å². The largest absolute Gasteiger partial charge is 0.459 e. The Morgan fingerprint density at radius 2 is 2.00 bits per heavy atom. The van der Waals surface area contributed by atoms with Crippen molar-refractivity contribution in [2.24, 2.45) is 0 Å². The predicted octanol–water partition coefficient (Wildman–Crippen LogP) is 1.76. The number of nitrogens with zero attached hydrogens (tertiary/aromatic N) is 2. The smallest absolute Gasteiger partial charge is 0.303 e. The summed E-state index contributed by atoms with van der Waals surface area (Å²) in [6.45, 7) is 2.86. The highest BCUT2D eigenvalue weighted by Gasteiger charge is 2.13. The molecule has 0 spiro atoms. The number of rotatable bonds is 2. The molecule has 0 aliphatic carbocycles. The first-order valence-corrected chi connectivity index (χ1v) is 5.20. The van der Waals surface area contributed by atoms with Gasteiger partial charge in [0.15, 0.2) is 0 Å².